The molecule has 22 heavy (non-hydrogen) atoms. The van der Waals surface area contributed by atoms with Gasteiger partial charge >= 0.3 is 0 Å². The Bertz CT molecular complexity index is 642. The van der Waals surface area contributed by atoms with E-state index < -0.39 is 0 Å². The van der Waals surface area contributed by atoms with E-state index in [-0.39, 0.29) is 11.6 Å². The number of amides is 1. The topological polar surface area (TPSA) is 23.6 Å². The molecule has 3 nitrogen and oxygen atoms in total. The van der Waals surface area contributed by atoms with Crippen molar-refractivity contribution in [2.24, 2.45) is 0 Å². The average molecular weight is 317 g/mol. The molecule has 0 radical (unpaired) electrons. The summed E-state index contributed by atoms with van der Waals surface area (Å²) in [4.78, 5) is 17.6. The van der Waals surface area contributed by atoms with Gasteiger partial charge in [0.25, 0.3) is 5.91 Å². The van der Waals surface area contributed by atoms with Gasteiger partial charge in [-0.3, -0.25) is 9.69 Å². The van der Waals surface area contributed by atoms with Gasteiger partial charge in [-0.1, -0.05) is 30.2 Å². The molecule has 0 saturated carbocycles. The third-order valence-electron chi connectivity index (χ3n) is 5.28. The summed E-state index contributed by atoms with van der Waals surface area (Å²) in [7, 11) is 0. The molecule has 3 aliphatic rings. The van der Waals surface area contributed by atoms with E-state index in [0.717, 1.165) is 43.6 Å². The predicted octanol–water partition coefficient (Wildman–Crippen LogP) is 3.54. The number of hydrogen-bond acceptors (Lipinski definition) is 2. The third-order valence-corrected chi connectivity index (χ3v) is 5.52. The summed E-state index contributed by atoms with van der Waals surface area (Å²) in [5.74, 6) is 0.175. The van der Waals surface area contributed by atoms with Gasteiger partial charge in [0.15, 0.2) is 0 Å². The molecule has 0 N–H and O–H groups in total. The third kappa shape index (κ3) is 2.10. The molecule has 1 unspecified atom stereocenters. The fourth-order valence-corrected chi connectivity index (χ4v) is 4.45. The van der Waals surface area contributed by atoms with Crippen molar-refractivity contribution in [2.75, 3.05) is 19.6 Å². The van der Waals surface area contributed by atoms with Crippen molar-refractivity contribution < 1.29 is 4.79 Å². The van der Waals surface area contributed by atoms with Crippen LogP contribution in [0, 0.1) is 0 Å². The van der Waals surface area contributed by atoms with Crippen LogP contribution >= 0.6 is 11.6 Å². The maximum atomic E-state index is 13.0. The van der Waals surface area contributed by atoms with Crippen molar-refractivity contribution in [3.05, 3.63) is 40.9 Å². The molecule has 2 saturated heterocycles. The van der Waals surface area contributed by atoms with Crippen LogP contribution < -0.4 is 0 Å². The molecule has 4 rings (SSSR count). The van der Waals surface area contributed by atoms with Crippen molar-refractivity contribution in [2.45, 2.75) is 37.8 Å². The molecule has 3 heterocycles. The van der Waals surface area contributed by atoms with Crippen LogP contribution in [-0.4, -0.2) is 41.0 Å². The van der Waals surface area contributed by atoms with E-state index in [2.05, 4.69) is 15.9 Å². The number of carbonyl (C=O) groups excluding carboxylic acids is 1. The van der Waals surface area contributed by atoms with Crippen molar-refractivity contribution in [1.82, 2.24) is 9.80 Å². The van der Waals surface area contributed by atoms with Crippen LogP contribution in [0.4, 0.5) is 0 Å². The largest absolute Gasteiger partial charge is 0.316 e. The molecule has 2 fully saturated rings. The van der Waals surface area contributed by atoms with Gasteiger partial charge in [0.1, 0.15) is 5.66 Å². The van der Waals surface area contributed by atoms with E-state index in [9.17, 15) is 4.79 Å². The molecule has 1 amide bonds. The summed E-state index contributed by atoms with van der Waals surface area (Å²) < 4.78 is 0. The number of nitrogens with zero attached hydrogens (tertiary/aromatic N) is 2. The monoisotopic (exact) mass is 316 g/mol. The van der Waals surface area contributed by atoms with E-state index in [1.165, 1.54) is 19.3 Å². The Morgan fingerprint density at radius 3 is 2.77 bits per heavy atom. The molecule has 116 valence electrons. The maximum absolute atomic E-state index is 13.0. The lowest BCUT2D eigenvalue weighted by atomic mass is 9.97. The summed E-state index contributed by atoms with van der Waals surface area (Å²) in [6.45, 7) is 3.07. The molecule has 1 atom stereocenters. The Morgan fingerprint density at radius 2 is 1.91 bits per heavy atom. The van der Waals surface area contributed by atoms with Gasteiger partial charge in [-0.2, -0.15) is 0 Å². The highest BCUT2D eigenvalue weighted by atomic mass is 35.5. The fourth-order valence-electron chi connectivity index (χ4n) is 4.26. The van der Waals surface area contributed by atoms with Crippen molar-refractivity contribution in [1.29, 1.82) is 0 Å². The van der Waals surface area contributed by atoms with Gasteiger partial charge in [-0.15, -0.1) is 0 Å². The molecule has 0 aliphatic carbocycles. The smallest absolute Gasteiger partial charge is 0.256 e. The second kappa shape index (κ2) is 5.39. The molecule has 3 aliphatic heterocycles. The Labute approximate surface area is 136 Å². The van der Waals surface area contributed by atoms with Crippen LogP contribution in [0.15, 0.2) is 30.3 Å². The summed E-state index contributed by atoms with van der Waals surface area (Å²) in [5, 5.41) is 0.686. The SMILES string of the molecule is O=C1C(c2cccc(Cl)c2)=CC23CCCCCN2CCCN13. The van der Waals surface area contributed by atoms with E-state index in [1.807, 2.05) is 24.3 Å². The van der Waals surface area contributed by atoms with Gasteiger partial charge < -0.3 is 4.90 Å². The summed E-state index contributed by atoms with van der Waals surface area (Å²) in [6, 6.07) is 7.67. The van der Waals surface area contributed by atoms with Gasteiger partial charge in [0, 0.05) is 30.2 Å². The van der Waals surface area contributed by atoms with Crippen LogP contribution in [0.5, 0.6) is 0 Å². The van der Waals surface area contributed by atoms with Gasteiger partial charge in [0.2, 0.25) is 0 Å². The number of rotatable bonds is 1. The Kier molecular flexibility index (Phi) is 3.50. The van der Waals surface area contributed by atoms with E-state index in [1.54, 1.807) is 0 Å². The maximum Gasteiger partial charge on any atom is 0.256 e. The van der Waals surface area contributed by atoms with Crippen molar-refractivity contribution >= 4 is 23.1 Å². The molecular weight excluding hydrogens is 296 g/mol. The summed E-state index contributed by atoms with van der Waals surface area (Å²) in [6.07, 6.45) is 8.06. The van der Waals surface area contributed by atoms with Gasteiger partial charge in [-0.25, -0.2) is 0 Å². The summed E-state index contributed by atoms with van der Waals surface area (Å²) in [5.41, 5.74) is 1.60. The van der Waals surface area contributed by atoms with Crippen LogP contribution in [0.3, 0.4) is 0 Å². The first kappa shape index (κ1) is 14.3. The van der Waals surface area contributed by atoms with Crippen LogP contribution in [-0.2, 0) is 4.79 Å². The molecule has 1 aromatic rings. The predicted molar refractivity (Wildman–Crippen MR) is 88.5 cm³/mol. The molecular formula is C18H21ClN2O. The second-order valence-electron chi connectivity index (χ2n) is 6.55. The highest BCUT2D eigenvalue weighted by Gasteiger charge is 2.50. The Morgan fingerprint density at radius 1 is 1.05 bits per heavy atom. The lowest BCUT2D eigenvalue weighted by Gasteiger charge is -2.49. The molecule has 4 heteroatoms. The van der Waals surface area contributed by atoms with E-state index in [0.29, 0.717) is 5.02 Å². The lowest BCUT2D eigenvalue weighted by molar-refractivity contribution is -0.138. The first-order chi connectivity index (χ1) is 10.7. The zero-order valence-corrected chi connectivity index (χ0v) is 13.5. The number of hydrogen-bond donors (Lipinski definition) is 0. The zero-order valence-electron chi connectivity index (χ0n) is 12.7. The minimum absolute atomic E-state index is 0.175. The fraction of sp³-hybridized carbons (Fsp3) is 0.500. The van der Waals surface area contributed by atoms with E-state index >= 15 is 0 Å². The number of halogens is 1. The minimum atomic E-state index is -0.177. The normalized spacial score (nSPS) is 28.9. The molecule has 1 spiro atoms. The molecule has 1 aromatic carbocycles. The highest BCUT2D eigenvalue weighted by Crippen LogP contribution is 2.43. The van der Waals surface area contributed by atoms with Crippen LogP contribution in [0.1, 0.15) is 37.7 Å². The quantitative estimate of drug-likeness (QED) is 0.791. The zero-order chi connectivity index (χ0) is 15.2. The van der Waals surface area contributed by atoms with Crippen LogP contribution in [0.2, 0.25) is 5.02 Å². The van der Waals surface area contributed by atoms with Gasteiger partial charge in [0.05, 0.1) is 0 Å². The van der Waals surface area contributed by atoms with Gasteiger partial charge in [-0.05, 0) is 49.5 Å². The number of carbonyl (C=O) groups is 1. The highest BCUT2D eigenvalue weighted by molar-refractivity contribution is 6.31. The van der Waals surface area contributed by atoms with Crippen molar-refractivity contribution in [3.63, 3.8) is 0 Å². The first-order valence-electron chi connectivity index (χ1n) is 8.26. The second-order valence-corrected chi connectivity index (χ2v) is 6.99. The molecule has 0 aromatic heterocycles. The van der Waals surface area contributed by atoms with E-state index in [4.69, 9.17) is 11.6 Å². The molecule has 0 bridgehead atoms. The van der Waals surface area contributed by atoms with Crippen LogP contribution in [0.25, 0.3) is 5.57 Å². The standard InChI is InChI=1S/C18H21ClN2O/c19-15-7-4-6-14(12-15)16-13-18-8-2-1-3-9-20(18)10-5-11-21(18)17(16)22/h4,6-7,12-13H,1-3,5,8-11H2. The van der Waals surface area contributed by atoms with Crippen molar-refractivity contribution in [3.8, 4) is 0 Å². The Hall–Kier alpha value is -1.32. The lowest BCUT2D eigenvalue weighted by Crippen LogP contribution is -2.62. The summed E-state index contributed by atoms with van der Waals surface area (Å²) >= 11 is 6.12. The minimum Gasteiger partial charge on any atom is -0.316 e. The first-order valence-corrected chi connectivity index (χ1v) is 8.64. The Balaban J connectivity index is 1.80. The number of benzene rings is 1. The average Bonchev–Trinajstić information content (AvgIpc) is 2.68.